The lowest BCUT2D eigenvalue weighted by Crippen LogP contribution is -2.45. The fourth-order valence-corrected chi connectivity index (χ4v) is 15.4. The zero-order valence-corrected chi connectivity index (χ0v) is 43.2. The predicted molar refractivity (Wildman–Crippen MR) is 287 cm³/mol. The SMILES string of the molecule is N#Cc1cccc(-c2cnc3c(c2Cl)C2(CC=CC2)CN3CCNS(=O)(=O)c2ccc(-c3cnc4c(c3Cl)C3(CC=CC3)C(CNS(=O)(=O)c3ccc(-c5cnc6c(c5Cl)C5(CC=CC5)CN6)cc3)N4)cc2)c1. The zero-order chi connectivity index (χ0) is 50.3. The smallest absolute Gasteiger partial charge is 0.240 e. The number of pyridine rings is 3. The minimum Gasteiger partial charge on any atom is -0.369 e. The summed E-state index contributed by atoms with van der Waals surface area (Å²) in [4.78, 5) is 16.7. The van der Waals surface area contributed by atoms with Crippen LogP contribution >= 0.6 is 34.8 Å². The van der Waals surface area contributed by atoms with Crippen LogP contribution in [0.3, 0.4) is 0 Å². The molecule has 1 unspecified atom stereocenters. The van der Waals surface area contributed by atoms with Crippen LogP contribution in [0.5, 0.6) is 0 Å². The number of aromatic nitrogens is 3. The van der Waals surface area contributed by atoms with Crippen molar-refractivity contribution in [1.29, 1.82) is 5.26 Å². The Morgan fingerprint density at radius 2 is 1.19 bits per heavy atom. The number of anilines is 3. The molecule has 3 aliphatic carbocycles. The largest absolute Gasteiger partial charge is 0.369 e. The van der Waals surface area contributed by atoms with Crippen LogP contribution in [0.25, 0.3) is 33.4 Å². The topological polar surface area (TPSA) is 182 Å². The number of nitriles is 1. The molecule has 6 heterocycles. The Morgan fingerprint density at radius 1 is 0.644 bits per heavy atom. The van der Waals surface area contributed by atoms with Crippen LogP contribution in [0.1, 0.15) is 60.8 Å². The van der Waals surface area contributed by atoms with Crippen molar-refractivity contribution in [2.45, 2.75) is 70.6 Å². The lowest BCUT2D eigenvalue weighted by molar-refractivity contribution is 0.402. The molecule has 0 amide bonds. The van der Waals surface area contributed by atoms with Crippen LogP contribution in [-0.2, 0) is 36.3 Å². The normalized spacial score (nSPS) is 19.2. The van der Waals surface area contributed by atoms with E-state index in [1.165, 1.54) is 0 Å². The first-order chi connectivity index (χ1) is 35.2. The van der Waals surface area contributed by atoms with Crippen molar-refractivity contribution in [2.75, 3.05) is 48.3 Å². The van der Waals surface area contributed by atoms with Crippen molar-refractivity contribution in [1.82, 2.24) is 24.4 Å². The number of halogens is 3. The summed E-state index contributed by atoms with van der Waals surface area (Å²) in [5.41, 5.74) is 6.74. The highest BCUT2D eigenvalue weighted by atomic mass is 35.5. The first-order valence-electron chi connectivity index (χ1n) is 24.2. The number of hydrogen-bond donors (Lipinski definition) is 4. The van der Waals surface area contributed by atoms with E-state index >= 15 is 0 Å². The number of rotatable bonds is 12. The van der Waals surface area contributed by atoms with Gasteiger partial charge in [-0.2, -0.15) is 5.26 Å². The van der Waals surface area contributed by atoms with Gasteiger partial charge in [0.15, 0.2) is 0 Å². The number of fused-ring (bicyclic) bond motifs is 6. The maximum atomic E-state index is 13.9. The molecule has 13 nitrogen and oxygen atoms in total. The number of allylic oxidation sites excluding steroid dienone is 6. The molecule has 1 atom stereocenters. The average Bonchev–Trinajstić information content (AvgIpc) is 4.29. The lowest BCUT2D eigenvalue weighted by Gasteiger charge is -2.32. The van der Waals surface area contributed by atoms with E-state index in [0.29, 0.717) is 63.5 Å². The summed E-state index contributed by atoms with van der Waals surface area (Å²) in [7, 11) is -7.86. The van der Waals surface area contributed by atoms with Gasteiger partial charge in [-0.15, -0.1) is 0 Å². The third-order valence-electron chi connectivity index (χ3n) is 15.9. The monoisotopic (exact) mass is 1070 g/mol. The molecule has 0 bridgehead atoms. The van der Waals surface area contributed by atoms with Crippen LogP contribution in [0.2, 0.25) is 15.1 Å². The molecule has 0 fully saturated rings. The minimum atomic E-state index is -3.94. The Balaban J connectivity index is 0.718. The van der Waals surface area contributed by atoms with E-state index in [9.17, 15) is 22.1 Å². The molecule has 0 saturated heterocycles. The summed E-state index contributed by atoms with van der Waals surface area (Å²) >= 11 is 21.6. The van der Waals surface area contributed by atoms with Crippen molar-refractivity contribution in [2.24, 2.45) is 0 Å². The van der Waals surface area contributed by atoms with E-state index in [4.69, 9.17) is 44.8 Å². The fourth-order valence-electron chi connectivity index (χ4n) is 12.0. The Hall–Kier alpha value is -6.09. The molecule has 4 N–H and O–H groups in total. The number of sulfonamides is 2. The summed E-state index contributed by atoms with van der Waals surface area (Å²) < 4.78 is 60.9. The van der Waals surface area contributed by atoms with Gasteiger partial charge in [0.2, 0.25) is 20.0 Å². The maximum absolute atomic E-state index is 13.9. The lowest BCUT2D eigenvalue weighted by atomic mass is 9.74. The molecule has 12 rings (SSSR count). The van der Waals surface area contributed by atoms with E-state index in [1.54, 1.807) is 79.3 Å². The third-order valence-corrected chi connectivity index (χ3v) is 19.9. The summed E-state index contributed by atoms with van der Waals surface area (Å²) in [6, 6.07) is 22.4. The standard InChI is InChI=1S/C55H48Cl3N9O4S2/c56-47-40(28-60-50-44(47)53(32-63-50)18-1-2-19-53)35-12-16-39(17-13-35)73(70,71)65-31-43-55(22-5-6-23-55)45-48(57)41(29-61-51(45)66-43)36-10-14-38(15-11-36)72(68,69)64-24-25-67-33-54(20-3-4-21-54)46-49(58)42(30-62-52(46)67)37-9-7-8-34(26-37)27-59/h1-17,26,28-30,43,64-65H,18-25,31-33H2,(H,60,63)(H,61,66). The quantitative estimate of drug-likeness (QED) is 0.0856. The zero-order valence-electron chi connectivity index (χ0n) is 39.3. The molecule has 6 aromatic rings. The van der Waals surface area contributed by atoms with Gasteiger partial charge in [0, 0.05) is 101 Å². The molecular weight excluding hydrogens is 1020 g/mol. The highest BCUT2D eigenvalue weighted by Crippen LogP contribution is 2.55. The van der Waals surface area contributed by atoms with Crippen LogP contribution in [0.4, 0.5) is 17.5 Å². The number of hydrogen-bond acceptors (Lipinski definition) is 11. The second kappa shape index (κ2) is 18.1. The molecule has 3 aromatic heterocycles. The van der Waals surface area contributed by atoms with Crippen molar-refractivity contribution in [3.63, 3.8) is 0 Å². The molecule has 3 aliphatic heterocycles. The third kappa shape index (κ3) is 7.96. The molecule has 370 valence electrons. The molecule has 73 heavy (non-hydrogen) atoms. The van der Waals surface area contributed by atoms with Crippen LogP contribution in [0.15, 0.2) is 138 Å². The number of nitrogens with zero attached hydrogens (tertiary/aromatic N) is 5. The van der Waals surface area contributed by atoms with Gasteiger partial charge in [0.1, 0.15) is 17.5 Å². The van der Waals surface area contributed by atoms with Crippen molar-refractivity contribution >= 4 is 72.3 Å². The first kappa shape index (κ1) is 47.9. The average molecular weight is 1070 g/mol. The minimum absolute atomic E-state index is 0.0732. The molecule has 6 aliphatic rings. The van der Waals surface area contributed by atoms with Crippen molar-refractivity contribution in [3.05, 3.63) is 165 Å². The summed E-state index contributed by atoms with van der Waals surface area (Å²) in [5.74, 6) is 2.12. The van der Waals surface area contributed by atoms with E-state index in [0.717, 1.165) is 82.8 Å². The summed E-state index contributed by atoms with van der Waals surface area (Å²) in [5, 5.41) is 18.1. The maximum Gasteiger partial charge on any atom is 0.240 e. The van der Waals surface area contributed by atoms with Gasteiger partial charge in [-0.05, 0) is 91.6 Å². The molecule has 18 heteroatoms. The van der Waals surface area contributed by atoms with Gasteiger partial charge in [0.25, 0.3) is 0 Å². The highest BCUT2D eigenvalue weighted by Gasteiger charge is 2.50. The van der Waals surface area contributed by atoms with Crippen LogP contribution < -0.4 is 25.0 Å². The van der Waals surface area contributed by atoms with E-state index < -0.39 is 25.5 Å². The Labute approximate surface area is 439 Å². The molecular formula is C55H48Cl3N9O4S2. The van der Waals surface area contributed by atoms with Crippen LogP contribution in [0, 0.1) is 11.3 Å². The molecule has 0 radical (unpaired) electrons. The Bertz CT molecular complexity index is 3610. The number of benzene rings is 3. The Morgan fingerprint density at radius 3 is 1.84 bits per heavy atom. The van der Waals surface area contributed by atoms with Crippen molar-refractivity contribution in [3.8, 4) is 39.4 Å². The van der Waals surface area contributed by atoms with E-state index in [1.807, 2.05) is 12.1 Å². The van der Waals surface area contributed by atoms with E-state index in [2.05, 4.69) is 72.5 Å². The molecule has 3 spiro atoms. The van der Waals surface area contributed by atoms with Gasteiger partial charge in [-0.25, -0.2) is 41.2 Å². The second-order valence-electron chi connectivity index (χ2n) is 19.9. The summed E-state index contributed by atoms with van der Waals surface area (Å²) in [6.07, 6.45) is 22.6. The Kier molecular flexibility index (Phi) is 11.9. The van der Waals surface area contributed by atoms with Gasteiger partial charge < -0.3 is 15.5 Å². The fraction of sp³-hybridized carbons (Fsp3) is 0.273. The van der Waals surface area contributed by atoms with Crippen LogP contribution in [-0.4, -0.2) is 70.6 Å². The molecule has 0 saturated carbocycles. The van der Waals surface area contributed by atoms with Gasteiger partial charge in [-0.1, -0.05) is 108 Å². The highest BCUT2D eigenvalue weighted by molar-refractivity contribution is 7.89. The van der Waals surface area contributed by atoms with E-state index in [-0.39, 0.29) is 39.8 Å². The number of nitrogens with one attached hydrogen (secondary N) is 4. The van der Waals surface area contributed by atoms with Gasteiger partial charge in [-0.3, -0.25) is 0 Å². The van der Waals surface area contributed by atoms with Gasteiger partial charge >= 0.3 is 0 Å². The van der Waals surface area contributed by atoms with Crippen molar-refractivity contribution < 1.29 is 16.8 Å². The second-order valence-corrected chi connectivity index (χ2v) is 24.6. The first-order valence-corrected chi connectivity index (χ1v) is 28.3. The molecule has 3 aromatic carbocycles. The predicted octanol–water partition coefficient (Wildman–Crippen LogP) is 10.5. The van der Waals surface area contributed by atoms with Gasteiger partial charge in [0.05, 0.1) is 42.5 Å². The summed E-state index contributed by atoms with van der Waals surface area (Å²) in [6.45, 7) is 1.98.